The molecular formula is C20H30N4. The van der Waals surface area contributed by atoms with Gasteiger partial charge in [0.15, 0.2) is 5.96 Å². The highest BCUT2D eigenvalue weighted by atomic mass is 15.3. The van der Waals surface area contributed by atoms with E-state index in [1.807, 2.05) is 7.05 Å². The van der Waals surface area contributed by atoms with E-state index in [-0.39, 0.29) is 0 Å². The number of nitrogens with one attached hydrogen (secondary N) is 2. The van der Waals surface area contributed by atoms with Crippen molar-refractivity contribution in [3.63, 3.8) is 0 Å². The van der Waals surface area contributed by atoms with Gasteiger partial charge in [-0.15, -0.1) is 0 Å². The van der Waals surface area contributed by atoms with E-state index in [9.17, 15) is 0 Å². The lowest BCUT2D eigenvalue weighted by Gasteiger charge is -2.24. The van der Waals surface area contributed by atoms with E-state index in [4.69, 9.17) is 0 Å². The summed E-state index contributed by atoms with van der Waals surface area (Å²) in [6, 6.07) is 12.7. The van der Waals surface area contributed by atoms with Crippen molar-refractivity contribution in [3.8, 4) is 0 Å². The van der Waals surface area contributed by atoms with E-state index in [2.05, 4.69) is 50.9 Å². The van der Waals surface area contributed by atoms with Crippen molar-refractivity contribution in [1.82, 2.24) is 15.5 Å². The average molecular weight is 326 g/mol. The number of hydrogen-bond donors (Lipinski definition) is 2. The lowest BCUT2D eigenvalue weighted by molar-refractivity contribution is 0.242. The molecule has 0 aromatic heterocycles. The van der Waals surface area contributed by atoms with Gasteiger partial charge in [-0.05, 0) is 31.2 Å². The number of aliphatic imine (C=N–C) groups is 1. The lowest BCUT2D eigenvalue weighted by atomic mass is 10.1. The van der Waals surface area contributed by atoms with Crippen LogP contribution in [0.3, 0.4) is 0 Å². The zero-order valence-corrected chi connectivity index (χ0v) is 14.7. The van der Waals surface area contributed by atoms with Gasteiger partial charge < -0.3 is 10.6 Å². The fraction of sp³-hybridized carbons (Fsp3) is 0.650. The van der Waals surface area contributed by atoms with Gasteiger partial charge in [0.2, 0.25) is 0 Å². The molecule has 3 unspecified atom stereocenters. The molecule has 2 aliphatic carbocycles. The molecule has 1 aromatic carbocycles. The fourth-order valence-corrected chi connectivity index (χ4v) is 4.47. The van der Waals surface area contributed by atoms with Crippen molar-refractivity contribution in [2.24, 2.45) is 4.99 Å². The van der Waals surface area contributed by atoms with Crippen LogP contribution in [0.25, 0.3) is 0 Å². The van der Waals surface area contributed by atoms with Crippen LogP contribution in [-0.4, -0.2) is 49.1 Å². The molecule has 3 aliphatic rings. The highest BCUT2D eigenvalue weighted by Gasteiger charge is 2.39. The normalized spacial score (nSPS) is 31.4. The maximum absolute atomic E-state index is 4.46. The van der Waals surface area contributed by atoms with Gasteiger partial charge in [-0.25, -0.2) is 0 Å². The van der Waals surface area contributed by atoms with Crippen molar-refractivity contribution in [1.29, 1.82) is 0 Å². The third-order valence-corrected chi connectivity index (χ3v) is 5.97. The topological polar surface area (TPSA) is 39.7 Å². The van der Waals surface area contributed by atoms with E-state index >= 15 is 0 Å². The molecule has 4 heteroatoms. The van der Waals surface area contributed by atoms with Gasteiger partial charge in [-0.1, -0.05) is 43.2 Å². The Labute approximate surface area is 145 Å². The van der Waals surface area contributed by atoms with Crippen molar-refractivity contribution in [2.75, 3.05) is 20.1 Å². The van der Waals surface area contributed by atoms with Gasteiger partial charge in [0, 0.05) is 44.2 Å². The summed E-state index contributed by atoms with van der Waals surface area (Å²) in [7, 11) is 1.89. The molecule has 0 bridgehead atoms. The Hall–Kier alpha value is -1.55. The molecule has 2 N–H and O–H groups in total. The molecule has 1 heterocycles. The molecule has 130 valence electrons. The Morgan fingerprint density at radius 3 is 2.62 bits per heavy atom. The average Bonchev–Trinajstić information content (AvgIpc) is 3.02. The third-order valence-electron chi connectivity index (χ3n) is 5.97. The predicted octanol–water partition coefficient (Wildman–Crippen LogP) is 2.72. The third kappa shape index (κ3) is 3.59. The van der Waals surface area contributed by atoms with Crippen molar-refractivity contribution in [2.45, 2.75) is 62.6 Å². The van der Waals surface area contributed by atoms with Gasteiger partial charge in [-0.3, -0.25) is 9.89 Å². The van der Waals surface area contributed by atoms with Crippen LogP contribution in [0.15, 0.2) is 35.3 Å². The molecule has 0 amide bonds. The van der Waals surface area contributed by atoms with Crippen LogP contribution < -0.4 is 10.6 Å². The van der Waals surface area contributed by atoms with Crippen molar-refractivity contribution in [3.05, 3.63) is 35.9 Å². The summed E-state index contributed by atoms with van der Waals surface area (Å²) in [6.45, 7) is 2.42. The quantitative estimate of drug-likeness (QED) is 0.660. The molecular weight excluding hydrogens is 296 g/mol. The Morgan fingerprint density at radius 1 is 1.08 bits per heavy atom. The largest absolute Gasteiger partial charge is 0.353 e. The maximum Gasteiger partial charge on any atom is 0.191 e. The number of likely N-dealkylation sites (tertiary alicyclic amines) is 1. The van der Waals surface area contributed by atoms with E-state index in [0.29, 0.717) is 18.0 Å². The summed E-state index contributed by atoms with van der Waals surface area (Å²) in [5.74, 6) is 1.63. The fourth-order valence-electron chi connectivity index (χ4n) is 4.47. The molecule has 4 nitrogen and oxygen atoms in total. The summed E-state index contributed by atoms with van der Waals surface area (Å²) in [4.78, 5) is 7.15. The maximum atomic E-state index is 4.46. The Kier molecular flexibility index (Phi) is 4.74. The summed E-state index contributed by atoms with van der Waals surface area (Å²) < 4.78 is 0. The van der Waals surface area contributed by atoms with Crippen LogP contribution in [0.2, 0.25) is 0 Å². The number of guanidine groups is 1. The molecule has 3 atom stereocenters. The van der Waals surface area contributed by atoms with Crippen LogP contribution in [0.4, 0.5) is 0 Å². The Balaban J connectivity index is 1.25. The number of hydrogen-bond acceptors (Lipinski definition) is 2. The monoisotopic (exact) mass is 326 g/mol. The minimum Gasteiger partial charge on any atom is -0.353 e. The highest BCUT2D eigenvalue weighted by Crippen LogP contribution is 2.40. The first-order chi connectivity index (χ1) is 11.8. The Bertz CT molecular complexity index is 564. The first-order valence-electron chi connectivity index (χ1n) is 9.62. The zero-order chi connectivity index (χ0) is 16.4. The summed E-state index contributed by atoms with van der Waals surface area (Å²) >= 11 is 0. The minimum absolute atomic E-state index is 0.533. The number of nitrogens with zero attached hydrogens (tertiary/aromatic N) is 2. The van der Waals surface area contributed by atoms with Crippen LogP contribution in [0.1, 0.15) is 50.0 Å². The van der Waals surface area contributed by atoms with E-state index < -0.39 is 0 Å². The second kappa shape index (κ2) is 7.14. The first-order valence-corrected chi connectivity index (χ1v) is 9.62. The van der Waals surface area contributed by atoms with Crippen LogP contribution in [0.5, 0.6) is 0 Å². The van der Waals surface area contributed by atoms with E-state index in [0.717, 1.165) is 12.0 Å². The molecule has 1 saturated heterocycles. The van der Waals surface area contributed by atoms with Crippen LogP contribution in [-0.2, 0) is 0 Å². The minimum atomic E-state index is 0.533. The summed E-state index contributed by atoms with van der Waals surface area (Å²) in [5.41, 5.74) is 1.44. The second-order valence-corrected chi connectivity index (χ2v) is 7.64. The SMILES string of the molecule is CN=C(NC1CCN(C2CCCC2)C1)NC1CC1c1ccccc1. The number of rotatable bonds is 4. The lowest BCUT2D eigenvalue weighted by Crippen LogP contribution is -2.46. The summed E-state index contributed by atoms with van der Waals surface area (Å²) in [5, 5.41) is 7.28. The molecule has 24 heavy (non-hydrogen) atoms. The van der Waals surface area contributed by atoms with Gasteiger partial charge >= 0.3 is 0 Å². The van der Waals surface area contributed by atoms with Gasteiger partial charge in [0.25, 0.3) is 0 Å². The van der Waals surface area contributed by atoms with E-state index in [1.165, 1.54) is 57.2 Å². The van der Waals surface area contributed by atoms with Gasteiger partial charge in [-0.2, -0.15) is 0 Å². The molecule has 2 saturated carbocycles. The standard InChI is InChI=1S/C20H30N4/c1-21-20(23-19-13-18(19)15-7-3-2-4-8-15)22-16-11-12-24(14-16)17-9-5-6-10-17/h2-4,7-8,16-19H,5-6,9-14H2,1H3,(H2,21,22,23). The van der Waals surface area contributed by atoms with Gasteiger partial charge in [0.05, 0.1) is 0 Å². The molecule has 1 aliphatic heterocycles. The van der Waals surface area contributed by atoms with Crippen molar-refractivity contribution < 1.29 is 0 Å². The molecule has 0 radical (unpaired) electrons. The van der Waals surface area contributed by atoms with Gasteiger partial charge in [0.1, 0.15) is 0 Å². The van der Waals surface area contributed by atoms with Crippen LogP contribution >= 0.6 is 0 Å². The highest BCUT2D eigenvalue weighted by molar-refractivity contribution is 5.81. The number of benzene rings is 1. The second-order valence-electron chi connectivity index (χ2n) is 7.64. The van der Waals surface area contributed by atoms with Crippen LogP contribution in [0, 0.1) is 0 Å². The summed E-state index contributed by atoms with van der Waals surface area (Å²) in [6.07, 6.45) is 8.10. The molecule has 3 fully saturated rings. The predicted molar refractivity (Wildman–Crippen MR) is 99.5 cm³/mol. The Morgan fingerprint density at radius 2 is 1.88 bits per heavy atom. The molecule has 0 spiro atoms. The molecule has 4 rings (SSSR count). The zero-order valence-electron chi connectivity index (χ0n) is 14.7. The van der Waals surface area contributed by atoms with E-state index in [1.54, 1.807) is 0 Å². The first kappa shape index (κ1) is 15.9. The van der Waals surface area contributed by atoms with Crippen molar-refractivity contribution >= 4 is 5.96 Å². The smallest absolute Gasteiger partial charge is 0.191 e. The molecule has 1 aromatic rings.